The molecule has 0 fully saturated rings. The van der Waals surface area contributed by atoms with Gasteiger partial charge in [0.1, 0.15) is 6.04 Å². The molecular weight excluding hydrogens is 330 g/mol. The highest BCUT2D eigenvalue weighted by atomic mass is 35.5. The number of nitrogens with zero attached hydrogens (tertiary/aromatic N) is 1. The van der Waals surface area contributed by atoms with Crippen LogP contribution in [0.5, 0.6) is 0 Å². The van der Waals surface area contributed by atoms with E-state index in [1.165, 1.54) is 0 Å². The fourth-order valence-electron chi connectivity index (χ4n) is 2.45. The minimum Gasteiger partial charge on any atom is -0.481 e. The molecule has 0 aliphatic rings. The van der Waals surface area contributed by atoms with Gasteiger partial charge in [-0.3, -0.25) is 14.5 Å². The second-order valence-corrected chi connectivity index (χ2v) is 5.33. The lowest BCUT2D eigenvalue weighted by Crippen LogP contribution is -2.41. The molecule has 0 aliphatic carbocycles. The van der Waals surface area contributed by atoms with Gasteiger partial charge in [-0.2, -0.15) is 0 Å². The van der Waals surface area contributed by atoms with Crippen molar-refractivity contribution in [1.29, 1.82) is 0 Å². The predicted octanol–water partition coefficient (Wildman–Crippen LogP) is 3.04. The molecule has 2 aromatic carbocycles. The van der Waals surface area contributed by atoms with E-state index in [9.17, 15) is 14.7 Å². The quantitative estimate of drug-likeness (QED) is 0.766. The lowest BCUT2D eigenvalue weighted by molar-refractivity contribution is -0.150. The van der Waals surface area contributed by atoms with E-state index in [2.05, 4.69) is 0 Å². The third kappa shape index (κ3) is 6.02. The first-order valence-corrected chi connectivity index (χ1v) is 7.33. The van der Waals surface area contributed by atoms with Gasteiger partial charge in [0.15, 0.2) is 0 Å². The average molecular weight is 350 g/mol. The molecule has 2 rings (SSSR count). The van der Waals surface area contributed by atoms with Gasteiger partial charge in [0.25, 0.3) is 0 Å². The number of hydrogen-bond donors (Lipinski definition) is 2. The van der Waals surface area contributed by atoms with Crippen LogP contribution in [0.3, 0.4) is 0 Å². The lowest BCUT2D eigenvalue weighted by atomic mass is 10.1. The van der Waals surface area contributed by atoms with Crippen LogP contribution in [0.2, 0.25) is 0 Å². The van der Waals surface area contributed by atoms with E-state index in [0.717, 1.165) is 11.1 Å². The van der Waals surface area contributed by atoms with Gasteiger partial charge in [0.2, 0.25) is 0 Å². The second-order valence-electron chi connectivity index (χ2n) is 5.33. The van der Waals surface area contributed by atoms with Crippen LogP contribution in [-0.2, 0) is 22.7 Å². The molecule has 2 aromatic rings. The third-order valence-corrected chi connectivity index (χ3v) is 3.55. The largest absolute Gasteiger partial charge is 0.481 e. The molecule has 5 nitrogen and oxygen atoms in total. The number of rotatable bonds is 8. The number of halogens is 1. The van der Waals surface area contributed by atoms with Crippen molar-refractivity contribution < 1.29 is 19.8 Å². The Morgan fingerprint density at radius 3 is 1.58 bits per heavy atom. The molecule has 0 saturated carbocycles. The maximum atomic E-state index is 11.6. The SMILES string of the molecule is Cl.O=C(O)CC(C(=O)O)N(Cc1ccccc1)Cc1ccccc1. The van der Waals surface area contributed by atoms with Crippen molar-refractivity contribution in [3.63, 3.8) is 0 Å². The van der Waals surface area contributed by atoms with E-state index in [0.29, 0.717) is 13.1 Å². The Bertz CT molecular complexity index is 607. The number of hydrogen-bond acceptors (Lipinski definition) is 3. The van der Waals surface area contributed by atoms with Crippen LogP contribution in [-0.4, -0.2) is 33.1 Å². The van der Waals surface area contributed by atoms with Crippen molar-refractivity contribution in [3.05, 3.63) is 71.8 Å². The summed E-state index contributed by atoms with van der Waals surface area (Å²) in [4.78, 5) is 24.3. The standard InChI is InChI=1S/C18H19NO4.ClH/c20-17(21)11-16(18(22)23)19(12-14-7-3-1-4-8-14)13-15-9-5-2-6-10-15;/h1-10,16H,11-13H2,(H,20,21)(H,22,23);1H. The molecule has 2 N–H and O–H groups in total. The molecule has 0 aromatic heterocycles. The highest BCUT2D eigenvalue weighted by Crippen LogP contribution is 2.16. The highest BCUT2D eigenvalue weighted by molar-refractivity contribution is 5.85. The summed E-state index contributed by atoms with van der Waals surface area (Å²) in [6, 6.07) is 17.8. The Hall–Kier alpha value is -2.37. The first kappa shape index (κ1) is 19.7. The van der Waals surface area contributed by atoms with Gasteiger partial charge >= 0.3 is 11.9 Å². The van der Waals surface area contributed by atoms with Crippen LogP contribution in [0.4, 0.5) is 0 Å². The Morgan fingerprint density at radius 1 is 0.833 bits per heavy atom. The molecule has 1 atom stereocenters. The summed E-state index contributed by atoms with van der Waals surface area (Å²) in [5.41, 5.74) is 1.89. The number of benzene rings is 2. The van der Waals surface area contributed by atoms with Gasteiger partial charge in [0, 0.05) is 13.1 Å². The molecule has 0 aliphatic heterocycles. The molecule has 0 amide bonds. The maximum Gasteiger partial charge on any atom is 0.321 e. The van der Waals surface area contributed by atoms with E-state index >= 15 is 0 Å². The minimum atomic E-state index is -1.13. The topological polar surface area (TPSA) is 77.8 Å². The van der Waals surface area contributed by atoms with Crippen molar-refractivity contribution >= 4 is 24.3 Å². The monoisotopic (exact) mass is 349 g/mol. The molecule has 128 valence electrons. The van der Waals surface area contributed by atoms with E-state index in [4.69, 9.17) is 5.11 Å². The number of carboxylic acids is 2. The fourth-order valence-corrected chi connectivity index (χ4v) is 2.45. The van der Waals surface area contributed by atoms with Gasteiger partial charge in [-0.1, -0.05) is 60.7 Å². The zero-order chi connectivity index (χ0) is 16.7. The number of carbonyl (C=O) groups is 2. The molecule has 0 saturated heterocycles. The van der Waals surface area contributed by atoms with Crippen molar-refractivity contribution in [2.24, 2.45) is 0 Å². The smallest absolute Gasteiger partial charge is 0.321 e. The normalized spacial score (nSPS) is 11.5. The van der Waals surface area contributed by atoms with Gasteiger partial charge in [-0.15, -0.1) is 12.4 Å². The Kier molecular flexibility index (Phi) is 7.95. The van der Waals surface area contributed by atoms with Crippen LogP contribution in [0.15, 0.2) is 60.7 Å². The maximum absolute atomic E-state index is 11.6. The Balaban J connectivity index is 0.00000288. The van der Waals surface area contributed by atoms with E-state index in [-0.39, 0.29) is 12.4 Å². The van der Waals surface area contributed by atoms with Gasteiger partial charge in [-0.05, 0) is 11.1 Å². The van der Waals surface area contributed by atoms with Crippen molar-refractivity contribution in [2.45, 2.75) is 25.6 Å². The van der Waals surface area contributed by atoms with E-state index < -0.39 is 24.4 Å². The summed E-state index contributed by atoms with van der Waals surface area (Å²) in [6.07, 6.45) is -0.436. The van der Waals surface area contributed by atoms with Crippen molar-refractivity contribution in [1.82, 2.24) is 4.90 Å². The molecule has 0 heterocycles. The van der Waals surface area contributed by atoms with Crippen LogP contribution in [0, 0.1) is 0 Å². The van der Waals surface area contributed by atoms with Crippen molar-refractivity contribution in [3.8, 4) is 0 Å². The van der Waals surface area contributed by atoms with Crippen LogP contribution >= 0.6 is 12.4 Å². The first-order chi connectivity index (χ1) is 11.1. The zero-order valence-electron chi connectivity index (χ0n) is 13.0. The summed E-state index contributed by atoms with van der Waals surface area (Å²) in [5.74, 6) is -2.25. The Labute approximate surface area is 147 Å². The van der Waals surface area contributed by atoms with Crippen molar-refractivity contribution in [2.75, 3.05) is 0 Å². The van der Waals surface area contributed by atoms with Crippen LogP contribution < -0.4 is 0 Å². The highest BCUT2D eigenvalue weighted by Gasteiger charge is 2.28. The van der Waals surface area contributed by atoms with E-state index in [1.807, 2.05) is 60.7 Å². The first-order valence-electron chi connectivity index (χ1n) is 7.33. The molecular formula is C18H20ClNO4. The van der Waals surface area contributed by atoms with Gasteiger partial charge in [-0.25, -0.2) is 0 Å². The average Bonchev–Trinajstić information content (AvgIpc) is 2.53. The zero-order valence-corrected chi connectivity index (χ0v) is 13.9. The molecule has 1 unspecified atom stereocenters. The summed E-state index contributed by atoms with van der Waals surface area (Å²) in [5, 5.41) is 18.5. The van der Waals surface area contributed by atoms with Gasteiger partial charge < -0.3 is 10.2 Å². The number of carboxylic acid groups (broad SMARTS) is 2. The fraction of sp³-hybridized carbons (Fsp3) is 0.222. The summed E-state index contributed by atoms with van der Waals surface area (Å²) >= 11 is 0. The molecule has 6 heteroatoms. The summed E-state index contributed by atoms with van der Waals surface area (Å²) in [7, 11) is 0. The lowest BCUT2D eigenvalue weighted by Gasteiger charge is -2.28. The van der Waals surface area contributed by atoms with Gasteiger partial charge in [0.05, 0.1) is 6.42 Å². The minimum absolute atomic E-state index is 0. The molecule has 0 spiro atoms. The second kappa shape index (κ2) is 9.70. The third-order valence-electron chi connectivity index (χ3n) is 3.55. The van der Waals surface area contributed by atoms with Crippen LogP contribution in [0.1, 0.15) is 17.5 Å². The molecule has 0 radical (unpaired) electrons. The predicted molar refractivity (Wildman–Crippen MR) is 93.1 cm³/mol. The van der Waals surface area contributed by atoms with Crippen LogP contribution in [0.25, 0.3) is 0 Å². The Morgan fingerprint density at radius 2 is 1.25 bits per heavy atom. The van der Waals surface area contributed by atoms with E-state index in [1.54, 1.807) is 4.90 Å². The molecule has 0 bridgehead atoms. The summed E-state index contributed by atoms with van der Waals surface area (Å²) < 4.78 is 0. The summed E-state index contributed by atoms with van der Waals surface area (Å²) in [6.45, 7) is 0.750. The number of aliphatic carboxylic acids is 2. The molecule has 24 heavy (non-hydrogen) atoms.